The summed E-state index contributed by atoms with van der Waals surface area (Å²) >= 11 is 11.2. The molecule has 0 spiro atoms. The molecule has 4 aliphatic heterocycles. The van der Waals surface area contributed by atoms with Crippen LogP contribution in [0.4, 0.5) is 0 Å². The molecule has 0 aliphatic carbocycles. The Kier molecular flexibility index (Phi) is 38.5. The molecule has 3 aromatic heterocycles. The van der Waals surface area contributed by atoms with Crippen molar-refractivity contribution >= 4 is 153 Å². The van der Waals surface area contributed by atoms with Gasteiger partial charge in [0.15, 0.2) is 23.0 Å². The van der Waals surface area contributed by atoms with Crippen molar-refractivity contribution in [3.63, 3.8) is 0 Å². The first-order chi connectivity index (χ1) is 48.7. The molecule has 0 saturated carbocycles. The molecule has 1 fully saturated rings. The van der Waals surface area contributed by atoms with Gasteiger partial charge in [-0.25, -0.2) is 0 Å². The SMILES string of the molecule is C1CCOC1.C[Si](C)(C)C#Cc1ccc(-c2scc3c2OCCO3)cc1.C[Si](C)(C)C#Cc1ccc(I)cc1.[Cl][Pd][Cl].[Zn+][Br].[c-]1scc2c1OCCO2.c1ccc(P(c2ccccc2)c2ccccc2)cc1.c1ccc(P(c2ccccc2)c2ccccc2)cc1.c1scc2c1OCCO2. The summed E-state index contributed by atoms with van der Waals surface area (Å²) in [5.41, 5.74) is 10.1. The second-order valence-electron chi connectivity index (χ2n) is 23.6. The predicted octanol–water partition coefficient (Wildman–Crippen LogP) is 20.7. The zero-order chi connectivity index (χ0) is 71.1. The summed E-state index contributed by atoms with van der Waals surface area (Å²) < 4.78 is 38.4. The second kappa shape index (κ2) is 46.7. The van der Waals surface area contributed by atoms with E-state index >= 15 is 0 Å². The molecule has 7 nitrogen and oxygen atoms in total. The second-order valence-corrected chi connectivity index (χ2v) is 43.5. The van der Waals surface area contributed by atoms with Crippen LogP contribution in [-0.4, -0.2) is 69.0 Å². The van der Waals surface area contributed by atoms with E-state index in [9.17, 15) is 0 Å². The van der Waals surface area contributed by atoms with Gasteiger partial charge in [-0.3, -0.25) is 11.3 Å². The first kappa shape index (κ1) is 82.4. The van der Waals surface area contributed by atoms with Crippen LogP contribution in [0.3, 0.4) is 0 Å². The van der Waals surface area contributed by atoms with E-state index in [0.29, 0.717) is 39.6 Å². The Labute approximate surface area is 656 Å². The summed E-state index contributed by atoms with van der Waals surface area (Å²) in [7, 11) is 6.20. The van der Waals surface area contributed by atoms with Crippen molar-refractivity contribution in [3.05, 3.63) is 272 Å². The molecule has 0 atom stereocenters. The van der Waals surface area contributed by atoms with Crippen molar-refractivity contribution in [1.29, 1.82) is 0 Å². The van der Waals surface area contributed by atoms with Gasteiger partial charge in [0, 0.05) is 55.6 Å². The Morgan fingerprint density at radius 1 is 0.430 bits per heavy atom. The predicted molar refractivity (Wildman–Crippen MR) is 441 cm³/mol. The molecule has 20 heteroatoms. The van der Waals surface area contributed by atoms with E-state index in [1.165, 1.54) is 75.9 Å². The minimum absolute atomic E-state index is 0.106. The first-order valence-electron chi connectivity index (χ1n) is 32.2. The monoisotopic (exact) mass is 1810 g/mol. The van der Waals surface area contributed by atoms with E-state index in [1.807, 2.05) is 21.5 Å². The standard InChI is InChI=1S/2C18H15P.C17H18O2SSi.C11H13ISi.C6H6O2S.C6H5O2S.C4H8O.BrH.2ClH.Pd.Zn/c2*1-4-10-16(11-5-1)19(17-12-6-2-7-13-17)18-14-8-3-9-15-18;1-21(2,3)11-8-13-4-6-14(7-5-13)17-16-15(12-20-17)18-9-10-19-16;1-13(2,3)9-8-10-4-6-11(12)7-5-10;2*1-2-8-6-4-9-3-5(6)7-1;1-2-4-5-3-1;;;;;/h2*1-15H;4-7,12H,9-10H2,1-3H3;4-7H,1-3H3;3-4H,1-2H2;3H,1-2H2;1-4H2;3*1H;;/q;;;;;-1;;;;;2*+2/p-3. The summed E-state index contributed by atoms with van der Waals surface area (Å²) in [6.45, 7) is 19.5. The van der Waals surface area contributed by atoms with Crippen LogP contribution in [0, 0.1) is 31.9 Å². The minimum atomic E-state index is -1.32. The van der Waals surface area contributed by atoms with E-state index < -0.39 is 32.0 Å². The fourth-order valence-electron chi connectivity index (χ4n) is 9.21. The van der Waals surface area contributed by atoms with Gasteiger partial charge < -0.3 is 33.2 Å². The average Bonchev–Trinajstić information content (AvgIpc) is 1.26. The number of hydrogen-bond acceptors (Lipinski definition) is 10. The van der Waals surface area contributed by atoms with Crippen LogP contribution < -0.4 is 60.2 Å². The molecular formula is C80H80BrCl2IO7P2PdS3Si2Zn. The largest absolute Gasteiger partial charge is 0.555 e. The van der Waals surface area contributed by atoms with Gasteiger partial charge >= 0.3 is 65.0 Å². The molecule has 7 heterocycles. The number of halogens is 4. The third kappa shape index (κ3) is 30.1. The molecule has 518 valence electrons. The summed E-state index contributed by atoms with van der Waals surface area (Å²) in [5.74, 6) is 11.6. The smallest absolute Gasteiger partial charge is 0.172 e. The first-order valence-corrected chi connectivity index (χ1v) is 56.6. The van der Waals surface area contributed by atoms with Crippen LogP contribution in [0.2, 0.25) is 39.3 Å². The summed E-state index contributed by atoms with van der Waals surface area (Å²) in [4.78, 5) is 1.13. The molecule has 4 aliphatic rings. The van der Waals surface area contributed by atoms with E-state index in [-0.39, 0.29) is 15.9 Å². The Morgan fingerprint density at radius 3 is 1.12 bits per heavy atom. The van der Waals surface area contributed by atoms with Crippen LogP contribution >= 0.6 is 105 Å². The van der Waals surface area contributed by atoms with Crippen molar-refractivity contribution in [3.8, 4) is 67.9 Å². The van der Waals surface area contributed by atoms with E-state index in [0.717, 1.165) is 69.3 Å². The molecule has 0 amide bonds. The molecule has 0 unspecified atom stereocenters. The zero-order valence-corrected chi connectivity index (χ0v) is 72.8. The topological polar surface area (TPSA) is 64.6 Å². The maximum atomic E-state index is 5.73. The zero-order valence-electron chi connectivity index (χ0n) is 56.8. The van der Waals surface area contributed by atoms with Crippen molar-refractivity contribution in [1.82, 2.24) is 0 Å². The van der Waals surface area contributed by atoms with Crippen molar-refractivity contribution in [2.24, 2.45) is 0 Å². The van der Waals surface area contributed by atoms with Crippen molar-refractivity contribution in [2.45, 2.75) is 52.1 Å². The summed E-state index contributed by atoms with van der Waals surface area (Å²) in [6.07, 6.45) is 2.56. The normalized spacial score (nSPS) is 12.5. The Balaban J connectivity index is 0.000000167. The Hall–Kier alpha value is -4.89. The van der Waals surface area contributed by atoms with Gasteiger partial charge in [-0.15, -0.1) is 39.1 Å². The summed E-state index contributed by atoms with van der Waals surface area (Å²) in [6, 6.07) is 81.4. The van der Waals surface area contributed by atoms with E-state index in [4.69, 9.17) is 52.2 Å². The van der Waals surface area contributed by atoms with Crippen LogP contribution in [0.15, 0.2) is 252 Å². The van der Waals surface area contributed by atoms with Crippen LogP contribution in [0.1, 0.15) is 24.0 Å². The Morgan fingerprint density at radius 2 is 0.770 bits per heavy atom. The molecule has 1 saturated heterocycles. The van der Waals surface area contributed by atoms with E-state index in [2.05, 4.69) is 334 Å². The van der Waals surface area contributed by atoms with Gasteiger partial charge in [0.05, 0.1) is 4.88 Å². The van der Waals surface area contributed by atoms with Crippen molar-refractivity contribution in [2.75, 3.05) is 52.9 Å². The number of benzene rings is 8. The molecular weight excluding hydrogens is 1740 g/mol. The maximum Gasteiger partial charge on any atom is 0.172 e. The number of fused-ring (bicyclic) bond motifs is 3. The molecule has 8 aromatic carbocycles. The number of ether oxygens (including phenoxy) is 7. The van der Waals surface area contributed by atoms with Crippen LogP contribution in [0.25, 0.3) is 10.4 Å². The fourth-order valence-corrected chi connectivity index (χ4v) is 17.4. The van der Waals surface area contributed by atoms with Gasteiger partial charge in [-0.2, -0.15) is 0 Å². The number of thiophene rings is 3. The molecule has 11 aromatic rings. The van der Waals surface area contributed by atoms with Gasteiger partial charge in [0.25, 0.3) is 0 Å². The quantitative estimate of drug-likeness (QED) is 0.0518. The van der Waals surface area contributed by atoms with Crippen molar-refractivity contribution < 1.29 is 65.4 Å². The maximum absolute atomic E-state index is 5.73. The van der Waals surface area contributed by atoms with E-state index in [1.54, 1.807) is 22.7 Å². The fraction of sp³-hybridized carbons (Fsp3) is 0.200. The number of hydrogen-bond donors (Lipinski definition) is 0. The number of rotatable bonds is 7. The Bertz CT molecular complexity index is 3760. The van der Waals surface area contributed by atoms with Crippen LogP contribution in [0.5, 0.6) is 34.5 Å². The third-order valence-electron chi connectivity index (χ3n) is 13.7. The van der Waals surface area contributed by atoms with Gasteiger partial charge in [-0.1, -0.05) is 251 Å². The summed E-state index contributed by atoms with van der Waals surface area (Å²) in [5, 5.41) is 19.2. The molecule has 0 radical (unpaired) electrons. The van der Waals surface area contributed by atoms with Crippen LogP contribution in [-0.2, 0) is 37.0 Å². The van der Waals surface area contributed by atoms with Gasteiger partial charge in [-0.05, 0) is 125 Å². The third-order valence-corrected chi connectivity index (χ3v) is 23.4. The molecule has 100 heavy (non-hydrogen) atoms. The minimum Gasteiger partial charge on any atom is -0.555 e. The van der Waals surface area contributed by atoms with Gasteiger partial charge in [0.1, 0.15) is 55.8 Å². The average molecular weight is 1820 g/mol. The molecule has 0 bridgehead atoms. The molecule has 0 N–H and O–H groups in total. The molecule has 15 rings (SSSR count). The van der Waals surface area contributed by atoms with Gasteiger partial charge in [0.2, 0.25) is 0 Å².